The van der Waals surface area contributed by atoms with Crippen LogP contribution in [0.25, 0.3) is 0 Å². The Morgan fingerprint density at radius 2 is 1.64 bits per heavy atom. The molecule has 0 unspecified atom stereocenters. The maximum atomic E-state index is 12.8. The predicted octanol–water partition coefficient (Wildman–Crippen LogP) is 0.991. The van der Waals surface area contributed by atoms with Crippen molar-refractivity contribution < 1.29 is 22.1 Å². The lowest BCUT2D eigenvalue weighted by Crippen LogP contribution is -2.40. The van der Waals surface area contributed by atoms with Crippen LogP contribution in [0.4, 0.5) is 0 Å². The lowest BCUT2D eigenvalue weighted by molar-refractivity contribution is -0.126. The quantitative estimate of drug-likeness (QED) is 0.536. The molecule has 28 heavy (non-hydrogen) atoms. The average molecular weight is 454 g/mol. The molecular formula is C17H11B3BrNO5S. The molecule has 0 spiro atoms. The lowest BCUT2D eigenvalue weighted by Gasteiger charge is -2.26. The fourth-order valence-electron chi connectivity index (χ4n) is 2.53. The van der Waals surface area contributed by atoms with Crippen molar-refractivity contribution >= 4 is 55.4 Å². The number of ketones is 1. The molecule has 1 aliphatic rings. The topological polar surface area (TPSA) is 95.7 Å². The van der Waals surface area contributed by atoms with Gasteiger partial charge in [0.25, 0.3) is 0 Å². The summed E-state index contributed by atoms with van der Waals surface area (Å²) in [6, 6.07) is 13.9. The van der Waals surface area contributed by atoms with Crippen LogP contribution in [0.2, 0.25) is 0 Å². The Hall–Kier alpha value is -2.13. The van der Waals surface area contributed by atoms with Gasteiger partial charge in [-0.15, -0.1) is 0 Å². The number of Topliss-reactive ketones (excluding diaryl/α,β-unsaturated/α-hetero) is 1. The van der Waals surface area contributed by atoms with Crippen molar-refractivity contribution in [2.75, 3.05) is 0 Å². The SMILES string of the molecule is [B]C([B])(c1ccccc1)S(=O)(=O)OC1=C(N)O[C@@]([B])(c2ccc(Br)cc2)C1=O. The molecule has 0 aliphatic carbocycles. The summed E-state index contributed by atoms with van der Waals surface area (Å²) < 4.78 is 33.8. The number of carbonyl (C=O) groups is 1. The van der Waals surface area contributed by atoms with E-state index in [0.29, 0.717) is 0 Å². The Labute approximate surface area is 175 Å². The first kappa shape index (κ1) is 20.6. The Morgan fingerprint density at radius 1 is 1.07 bits per heavy atom. The number of carbonyl (C=O) groups excluding carboxylic acids is 1. The van der Waals surface area contributed by atoms with E-state index in [1.54, 1.807) is 30.3 Å². The standard InChI is InChI=1S/C17H11B3BrNO5S/c18-16(10-6-8-12(21)9-7-10)14(23)13(15(22)26-16)27-28(24,25)17(19,20)11-4-2-1-3-5-11/h1-9H,22H2/t16-/m0/s1. The van der Waals surface area contributed by atoms with Gasteiger partial charge in [-0.25, -0.2) is 0 Å². The molecule has 2 aromatic carbocycles. The molecule has 3 rings (SSSR count). The largest absolute Gasteiger partial charge is 0.467 e. The van der Waals surface area contributed by atoms with E-state index in [4.69, 9.17) is 38.2 Å². The summed E-state index contributed by atoms with van der Waals surface area (Å²) in [7, 11) is 12.9. The van der Waals surface area contributed by atoms with Crippen LogP contribution in [0.1, 0.15) is 11.1 Å². The Kier molecular flexibility index (Phi) is 5.18. The van der Waals surface area contributed by atoms with Gasteiger partial charge in [0.05, 0.1) is 20.2 Å². The monoisotopic (exact) mass is 453 g/mol. The highest BCUT2D eigenvalue weighted by Gasteiger charge is 2.50. The highest BCUT2D eigenvalue weighted by Crippen LogP contribution is 2.38. The third-order valence-corrected chi connectivity index (χ3v) is 6.12. The van der Waals surface area contributed by atoms with Gasteiger partial charge in [-0.3, -0.25) is 4.79 Å². The molecule has 1 atom stereocenters. The van der Waals surface area contributed by atoms with Crippen molar-refractivity contribution in [3.8, 4) is 0 Å². The van der Waals surface area contributed by atoms with Crippen LogP contribution < -0.4 is 5.73 Å². The van der Waals surface area contributed by atoms with E-state index in [-0.39, 0.29) is 11.1 Å². The summed E-state index contributed by atoms with van der Waals surface area (Å²) >= 11 is 3.26. The van der Waals surface area contributed by atoms with Gasteiger partial charge < -0.3 is 14.7 Å². The molecule has 6 nitrogen and oxygen atoms in total. The van der Waals surface area contributed by atoms with E-state index in [2.05, 4.69) is 15.9 Å². The first-order valence-electron chi connectivity index (χ1n) is 7.85. The highest BCUT2D eigenvalue weighted by molar-refractivity contribution is 9.10. The molecule has 0 amide bonds. The smallest absolute Gasteiger partial charge is 0.302 e. The molecule has 0 aromatic heterocycles. The number of ether oxygens (including phenoxy) is 1. The summed E-state index contributed by atoms with van der Waals surface area (Å²) in [6.07, 6.45) is 0. The van der Waals surface area contributed by atoms with E-state index in [1.807, 2.05) is 0 Å². The Bertz CT molecular complexity index is 1060. The van der Waals surface area contributed by atoms with Crippen molar-refractivity contribution in [3.63, 3.8) is 0 Å². The number of halogens is 1. The zero-order chi connectivity index (χ0) is 20.7. The van der Waals surface area contributed by atoms with Gasteiger partial charge in [0, 0.05) is 4.47 Å². The predicted molar refractivity (Wildman–Crippen MR) is 109 cm³/mol. The summed E-state index contributed by atoms with van der Waals surface area (Å²) in [5.74, 6) is -2.37. The van der Waals surface area contributed by atoms with Crippen molar-refractivity contribution in [1.29, 1.82) is 0 Å². The van der Waals surface area contributed by atoms with Crippen LogP contribution in [0.3, 0.4) is 0 Å². The summed E-state index contributed by atoms with van der Waals surface area (Å²) in [5, 5.41) is 0. The van der Waals surface area contributed by atoms with Crippen LogP contribution in [0.5, 0.6) is 0 Å². The van der Waals surface area contributed by atoms with Gasteiger partial charge in [0.2, 0.25) is 17.4 Å². The number of hydrogen-bond acceptors (Lipinski definition) is 6. The van der Waals surface area contributed by atoms with Crippen molar-refractivity contribution in [3.05, 3.63) is 81.8 Å². The van der Waals surface area contributed by atoms with Gasteiger partial charge in [0.1, 0.15) is 7.85 Å². The minimum Gasteiger partial charge on any atom is -0.467 e. The van der Waals surface area contributed by atoms with Gasteiger partial charge in [-0.05, 0) is 23.3 Å². The van der Waals surface area contributed by atoms with Crippen LogP contribution in [-0.4, -0.2) is 37.7 Å². The van der Waals surface area contributed by atoms with Crippen molar-refractivity contribution in [1.82, 2.24) is 0 Å². The maximum absolute atomic E-state index is 12.8. The number of rotatable bonds is 5. The fourth-order valence-corrected chi connectivity index (χ4v) is 3.74. The number of benzene rings is 2. The minimum atomic E-state index is -4.75. The molecule has 2 aromatic rings. The van der Waals surface area contributed by atoms with Crippen LogP contribution in [-0.2, 0) is 33.9 Å². The first-order valence-corrected chi connectivity index (χ1v) is 10.0. The maximum Gasteiger partial charge on any atom is 0.302 e. The second kappa shape index (κ2) is 7.04. The molecule has 1 aliphatic heterocycles. The van der Waals surface area contributed by atoms with Crippen LogP contribution >= 0.6 is 15.9 Å². The average Bonchev–Trinajstić information content (AvgIpc) is 2.86. The van der Waals surface area contributed by atoms with Gasteiger partial charge in [-0.1, -0.05) is 58.4 Å². The molecule has 6 radical (unpaired) electrons. The molecule has 136 valence electrons. The zero-order valence-electron chi connectivity index (χ0n) is 14.3. The summed E-state index contributed by atoms with van der Waals surface area (Å²) in [4.78, 5) is 12.8. The first-order chi connectivity index (χ1) is 13.0. The van der Waals surface area contributed by atoms with E-state index in [0.717, 1.165) is 4.47 Å². The fraction of sp³-hybridized carbons (Fsp3) is 0.118. The minimum absolute atomic E-state index is 0.0486. The second-order valence-electron chi connectivity index (χ2n) is 6.06. The molecule has 11 heteroatoms. The highest BCUT2D eigenvalue weighted by atomic mass is 79.9. The van der Waals surface area contributed by atoms with Gasteiger partial charge >= 0.3 is 10.1 Å². The number of hydrogen-bond donors (Lipinski definition) is 1. The normalized spacial score (nSPS) is 20.1. The Morgan fingerprint density at radius 3 is 2.21 bits per heavy atom. The van der Waals surface area contributed by atoms with Crippen molar-refractivity contribution in [2.24, 2.45) is 5.73 Å². The van der Waals surface area contributed by atoms with Crippen molar-refractivity contribution in [2.45, 2.75) is 10.0 Å². The second-order valence-corrected chi connectivity index (χ2v) is 8.73. The lowest BCUT2D eigenvalue weighted by atomic mass is 9.65. The van der Waals surface area contributed by atoms with Crippen LogP contribution in [0, 0.1) is 0 Å². The van der Waals surface area contributed by atoms with E-state index in [9.17, 15) is 13.2 Å². The van der Waals surface area contributed by atoms with Crippen LogP contribution in [0.15, 0.2) is 70.7 Å². The van der Waals surface area contributed by atoms with Gasteiger partial charge in [0.15, 0.2) is 5.50 Å². The summed E-state index contributed by atoms with van der Waals surface area (Å²) in [5.41, 5.74) is 3.92. The molecule has 0 saturated heterocycles. The zero-order valence-corrected chi connectivity index (χ0v) is 16.7. The van der Waals surface area contributed by atoms with Gasteiger partial charge in [-0.2, -0.15) is 8.42 Å². The molecule has 0 bridgehead atoms. The van der Waals surface area contributed by atoms with E-state index < -0.39 is 37.6 Å². The Balaban J connectivity index is 1.93. The number of nitrogens with two attached hydrogens (primary N) is 1. The molecule has 1 heterocycles. The molecule has 2 N–H and O–H groups in total. The van der Waals surface area contributed by atoms with E-state index >= 15 is 0 Å². The third kappa shape index (κ3) is 3.37. The molecule has 0 saturated carbocycles. The third-order valence-electron chi connectivity index (χ3n) is 4.14. The molecule has 0 fully saturated rings. The van der Waals surface area contributed by atoms with E-state index in [1.165, 1.54) is 24.3 Å². The summed E-state index contributed by atoms with van der Waals surface area (Å²) in [6.45, 7) is 0. The molecular weight excluding hydrogens is 443 g/mol.